The van der Waals surface area contributed by atoms with E-state index in [1.807, 2.05) is 0 Å². The molecule has 2 rings (SSSR count). The molecule has 112 valence electrons. The van der Waals surface area contributed by atoms with Crippen LogP contribution in [0.3, 0.4) is 0 Å². The summed E-state index contributed by atoms with van der Waals surface area (Å²) in [6, 6.07) is 5.41. The van der Waals surface area contributed by atoms with Crippen molar-refractivity contribution in [1.29, 1.82) is 0 Å². The van der Waals surface area contributed by atoms with Crippen LogP contribution in [0.25, 0.3) is 0 Å². The normalized spacial score (nSPS) is 10.5. The zero-order valence-electron chi connectivity index (χ0n) is 11.2. The van der Waals surface area contributed by atoms with E-state index in [4.69, 9.17) is 4.74 Å². The van der Waals surface area contributed by atoms with Gasteiger partial charge in [0.1, 0.15) is 5.82 Å². The predicted molar refractivity (Wildman–Crippen MR) is 71.2 cm³/mol. The molecule has 0 aliphatic heterocycles. The topological polar surface area (TPSA) is 21.3 Å². The van der Waals surface area contributed by atoms with E-state index in [9.17, 15) is 17.6 Å². The lowest BCUT2D eigenvalue weighted by Crippen LogP contribution is -2.04. The Hall–Kier alpha value is -2.24. The number of rotatable bonds is 5. The summed E-state index contributed by atoms with van der Waals surface area (Å²) in [6.45, 7) is 1.97. The van der Waals surface area contributed by atoms with Crippen LogP contribution in [0.15, 0.2) is 30.3 Å². The fourth-order valence-corrected chi connectivity index (χ4v) is 1.78. The highest BCUT2D eigenvalue weighted by Crippen LogP contribution is 2.22. The van der Waals surface area contributed by atoms with Crippen LogP contribution in [0.4, 0.5) is 23.2 Å². The third kappa shape index (κ3) is 3.65. The molecular weight excluding hydrogens is 286 g/mol. The molecule has 0 aliphatic carbocycles. The van der Waals surface area contributed by atoms with Crippen LogP contribution in [0.5, 0.6) is 5.75 Å². The maximum atomic E-state index is 13.6. The van der Waals surface area contributed by atoms with Crippen molar-refractivity contribution in [2.45, 2.75) is 13.5 Å². The van der Waals surface area contributed by atoms with Gasteiger partial charge in [0, 0.05) is 29.9 Å². The average Bonchev–Trinajstić information content (AvgIpc) is 2.44. The second-order valence-electron chi connectivity index (χ2n) is 4.29. The molecule has 0 aliphatic rings. The van der Waals surface area contributed by atoms with Gasteiger partial charge in [-0.15, -0.1) is 0 Å². The van der Waals surface area contributed by atoms with Gasteiger partial charge in [-0.2, -0.15) is 0 Å². The van der Waals surface area contributed by atoms with E-state index in [2.05, 4.69) is 5.32 Å². The zero-order valence-corrected chi connectivity index (χ0v) is 11.2. The van der Waals surface area contributed by atoms with Crippen LogP contribution >= 0.6 is 0 Å². The first kappa shape index (κ1) is 15.2. The lowest BCUT2D eigenvalue weighted by Gasteiger charge is -2.10. The second-order valence-corrected chi connectivity index (χ2v) is 4.29. The Morgan fingerprint density at radius 2 is 1.62 bits per heavy atom. The molecule has 6 heteroatoms. The van der Waals surface area contributed by atoms with Gasteiger partial charge in [0.25, 0.3) is 0 Å². The molecule has 0 fully saturated rings. The van der Waals surface area contributed by atoms with Crippen LogP contribution in [-0.4, -0.2) is 6.61 Å². The molecular formula is C15H13F4NO. The van der Waals surface area contributed by atoms with Gasteiger partial charge >= 0.3 is 0 Å². The van der Waals surface area contributed by atoms with Gasteiger partial charge in [0.2, 0.25) is 0 Å². The van der Waals surface area contributed by atoms with Crippen molar-refractivity contribution in [2.75, 3.05) is 11.9 Å². The molecule has 0 amide bonds. The first-order valence-electron chi connectivity index (χ1n) is 6.31. The molecule has 2 aromatic rings. The summed E-state index contributed by atoms with van der Waals surface area (Å²) in [5, 5.41) is 2.73. The highest BCUT2D eigenvalue weighted by Gasteiger charge is 2.10. The van der Waals surface area contributed by atoms with Crippen LogP contribution < -0.4 is 10.1 Å². The zero-order chi connectivity index (χ0) is 15.4. The first-order chi connectivity index (χ1) is 10.0. The fraction of sp³-hybridized carbons (Fsp3) is 0.200. The van der Waals surface area contributed by atoms with E-state index in [0.717, 1.165) is 6.07 Å². The molecule has 2 aromatic carbocycles. The van der Waals surface area contributed by atoms with Crippen LogP contribution in [-0.2, 0) is 6.54 Å². The summed E-state index contributed by atoms with van der Waals surface area (Å²) >= 11 is 0. The summed E-state index contributed by atoms with van der Waals surface area (Å²) in [6.07, 6.45) is 0. The Balaban J connectivity index is 2.10. The maximum Gasteiger partial charge on any atom is 0.167 e. The number of ether oxygens (including phenoxy) is 1. The van der Waals surface area contributed by atoms with Gasteiger partial charge in [-0.1, -0.05) is 0 Å². The lowest BCUT2D eigenvalue weighted by atomic mass is 10.2. The second kappa shape index (κ2) is 6.47. The first-order valence-corrected chi connectivity index (χ1v) is 6.31. The Bertz CT molecular complexity index is 646. The summed E-state index contributed by atoms with van der Waals surface area (Å²) < 4.78 is 57.9. The number of hydrogen-bond donors (Lipinski definition) is 1. The number of nitrogens with one attached hydrogen (secondary N) is 1. The molecule has 21 heavy (non-hydrogen) atoms. The number of anilines is 1. The van der Waals surface area contributed by atoms with Gasteiger partial charge in [-0.3, -0.25) is 0 Å². The van der Waals surface area contributed by atoms with Crippen LogP contribution in [0, 0.1) is 23.3 Å². The number of halogens is 4. The van der Waals surface area contributed by atoms with Gasteiger partial charge in [-0.05, 0) is 25.1 Å². The van der Waals surface area contributed by atoms with E-state index in [1.165, 1.54) is 12.1 Å². The van der Waals surface area contributed by atoms with E-state index < -0.39 is 23.3 Å². The molecule has 0 heterocycles. The minimum atomic E-state index is -1.25. The third-order valence-corrected chi connectivity index (χ3v) is 2.80. The molecule has 0 aromatic heterocycles. The Morgan fingerprint density at radius 1 is 0.905 bits per heavy atom. The van der Waals surface area contributed by atoms with E-state index >= 15 is 0 Å². The molecule has 0 unspecified atom stereocenters. The van der Waals surface area contributed by atoms with Crippen molar-refractivity contribution in [3.05, 3.63) is 59.2 Å². The molecule has 0 bridgehead atoms. The minimum Gasteiger partial charge on any atom is -0.491 e. The minimum absolute atomic E-state index is 0.0526. The van der Waals surface area contributed by atoms with E-state index in [-0.39, 0.29) is 17.9 Å². The monoisotopic (exact) mass is 299 g/mol. The Morgan fingerprint density at radius 3 is 2.29 bits per heavy atom. The predicted octanol–water partition coefficient (Wildman–Crippen LogP) is 4.25. The van der Waals surface area contributed by atoms with E-state index in [1.54, 1.807) is 13.0 Å². The van der Waals surface area contributed by atoms with Crippen molar-refractivity contribution in [1.82, 2.24) is 0 Å². The standard InChI is InChI=1S/C15H13F4NO/c1-2-21-15-4-3-10(6-14(15)19)20-8-9-5-12(17)13(18)7-11(9)16/h3-7,20H,2,8H2,1H3. The third-order valence-electron chi connectivity index (χ3n) is 2.80. The van der Waals surface area contributed by atoms with Crippen molar-refractivity contribution in [3.8, 4) is 5.75 Å². The molecule has 0 atom stereocenters. The summed E-state index contributed by atoms with van der Waals surface area (Å²) in [5.74, 6) is -3.70. The summed E-state index contributed by atoms with van der Waals surface area (Å²) in [4.78, 5) is 0. The molecule has 0 saturated heterocycles. The van der Waals surface area contributed by atoms with Gasteiger partial charge < -0.3 is 10.1 Å². The smallest absolute Gasteiger partial charge is 0.167 e. The average molecular weight is 299 g/mol. The fourth-order valence-electron chi connectivity index (χ4n) is 1.78. The van der Waals surface area contributed by atoms with Crippen LogP contribution in [0.1, 0.15) is 12.5 Å². The highest BCUT2D eigenvalue weighted by atomic mass is 19.2. The number of hydrogen-bond acceptors (Lipinski definition) is 2. The van der Waals surface area contributed by atoms with Gasteiger partial charge in [0.05, 0.1) is 6.61 Å². The van der Waals surface area contributed by atoms with Crippen LogP contribution in [0.2, 0.25) is 0 Å². The van der Waals surface area contributed by atoms with Crippen molar-refractivity contribution in [2.24, 2.45) is 0 Å². The quantitative estimate of drug-likeness (QED) is 0.658. The van der Waals surface area contributed by atoms with Crippen molar-refractivity contribution < 1.29 is 22.3 Å². The van der Waals surface area contributed by atoms with Gasteiger partial charge in [-0.25, -0.2) is 17.6 Å². The molecule has 0 spiro atoms. The summed E-state index contributed by atoms with van der Waals surface area (Å²) in [7, 11) is 0. The molecule has 0 radical (unpaired) electrons. The van der Waals surface area contributed by atoms with Crippen molar-refractivity contribution >= 4 is 5.69 Å². The van der Waals surface area contributed by atoms with Gasteiger partial charge in [0.15, 0.2) is 23.2 Å². The molecule has 2 nitrogen and oxygen atoms in total. The Labute approximate surface area is 119 Å². The maximum absolute atomic E-state index is 13.6. The van der Waals surface area contributed by atoms with Crippen molar-refractivity contribution in [3.63, 3.8) is 0 Å². The molecule has 1 N–H and O–H groups in total. The largest absolute Gasteiger partial charge is 0.491 e. The lowest BCUT2D eigenvalue weighted by molar-refractivity contribution is 0.321. The highest BCUT2D eigenvalue weighted by molar-refractivity contribution is 5.47. The molecule has 0 saturated carbocycles. The SMILES string of the molecule is CCOc1ccc(NCc2cc(F)c(F)cc2F)cc1F. The number of benzene rings is 2. The Kier molecular flexibility index (Phi) is 4.67. The van der Waals surface area contributed by atoms with E-state index in [0.29, 0.717) is 18.4 Å². The summed E-state index contributed by atoms with van der Waals surface area (Å²) in [5.41, 5.74) is 0.322.